The van der Waals surface area contributed by atoms with Gasteiger partial charge >= 0.3 is 5.97 Å². The molecule has 2 heteroatoms. The van der Waals surface area contributed by atoms with Crippen molar-refractivity contribution in [2.75, 3.05) is 6.61 Å². The Bertz CT molecular complexity index is 208. The molecule has 0 aromatic carbocycles. The number of carbonyl (C=O) groups is 1. The Balaban J connectivity index is 3.81. The van der Waals surface area contributed by atoms with Crippen molar-refractivity contribution in [2.24, 2.45) is 0 Å². The number of esters is 1. The second-order valence-corrected chi connectivity index (χ2v) is 2.85. The van der Waals surface area contributed by atoms with E-state index in [1.165, 1.54) is 0 Å². The van der Waals surface area contributed by atoms with Gasteiger partial charge in [-0.1, -0.05) is 11.6 Å². The lowest BCUT2D eigenvalue weighted by molar-refractivity contribution is -0.137. The lowest BCUT2D eigenvalue weighted by Gasteiger charge is -2.00. The van der Waals surface area contributed by atoms with Crippen molar-refractivity contribution in [3.05, 3.63) is 23.3 Å². The van der Waals surface area contributed by atoms with E-state index in [1.807, 2.05) is 26.8 Å². The molecule has 0 aliphatic heterocycles. The molecule has 0 N–H and O–H groups in total. The van der Waals surface area contributed by atoms with Crippen molar-refractivity contribution >= 4 is 5.97 Å². The van der Waals surface area contributed by atoms with Crippen LogP contribution in [0.25, 0.3) is 0 Å². The van der Waals surface area contributed by atoms with Gasteiger partial charge in [0.25, 0.3) is 0 Å². The normalized spacial score (nSPS) is 10.8. The Morgan fingerprint density at radius 3 is 2.33 bits per heavy atom. The van der Waals surface area contributed by atoms with Crippen LogP contribution in [0.5, 0.6) is 0 Å². The Hall–Kier alpha value is -1.05. The maximum absolute atomic E-state index is 11.0. The molecule has 68 valence electrons. The van der Waals surface area contributed by atoms with E-state index in [2.05, 4.69) is 0 Å². The summed E-state index contributed by atoms with van der Waals surface area (Å²) < 4.78 is 4.92. The molecular weight excluding hydrogens is 152 g/mol. The minimum atomic E-state index is -0.241. The molecule has 0 unspecified atom stereocenters. The van der Waals surface area contributed by atoms with E-state index < -0.39 is 0 Å². The molecular formula is C10H16O2. The van der Waals surface area contributed by atoms with Crippen molar-refractivity contribution in [3.8, 4) is 0 Å². The lowest BCUT2D eigenvalue weighted by Crippen LogP contribution is -2.05. The summed E-state index contributed by atoms with van der Waals surface area (Å²) in [4.78, 5) is 11.0. The van der Waals surface area contributed by atoms with Gasteiger partial charge in [-0.15, -0.1) is 0 Å². The van der Waals surface area contributed by atoms with Crippen molar-refractivity contribution < 1.29 is 9.53 Å². The van der Waals surface area contributed by atoms with E-state index in [4.69, 9.17) is 4.74 Å². The molecule has 0 aliphatic carbocycles. The molecule has 0 spiro atoms. The summed E-state index contributed by atoms with van der Waals surface area (Å²) in [5, 5.41) is 0. The van der Waals surface area contributed by atoms with Crippen LogP contribution in [0.1, 0.15) is 27.7 Å². The fourth-order valence-electron chi connectivity index (χ4n) is 0.516. The Morgan fingerprint density at radius 2 is 1.92 bits per heavy atom. The maximum atomic E-state index is 11.0. The molecule has 0 atom stereocenters. The smallest absolute Gasteiger partial charge is 0.333 e. The Morgan fingerprint density at radius 1 is 1.33 bits per heavy atom. The molecule has 0 amide bonds. The number of allylic oxidation sites excluding steroid dienone is 2. The van der Waals surface area contributed by atoms with Gasteiger partial charge in [0, 0.05) is 5.57 Å². The van der Waals surface area contributed by atoms with Gasteiger partial charge < -0.3 is 4.74 Å². The largest absolute Gasteiger partial charge is 0.458 e. The first-order valence-electron chi connectivity index (χ1n) is 4.01. The topological polar surface area (TPSA) is 26.3 Å². The first kappa shape index (κ1) is 11.0. The average molecular weight is 168 g/mol. The van der Waals surface area contributed by atoms with Crippen molar-refractivity contribution in [3.63, 3.8) is 0 Å². The van der Waals surface area contributed by atoms with Crippen LogP contribution in [0.15, 0.2) is 23.3 Å². The van der Waals surface area contributed by atoms with Gasteiger partial charge in [-0.2, -0.15) is 0 Å². The first-order valence-corrected chi connectivity index (χ1v) is 4.01. The molecule has 0 aromatic heterocycles. The molecule has 0 saturated heterocycles. The molecule has 2 nitrogen and oxygen atoms in total. The first-order chi connectivity index (χ1) is 5.57. The van der Waals surface area contributed by atoms with Crippen LogP contribution in [0.3, 0.4) is 0 Å². The van der Waals surface area contributed by atoms with E-state index in [9.17, 15) is 4.79 Å². The maximum Gasteiger partial charge on any atom is 0.333 e. The van der Waals surface area contributed by atoms with Gasteiger partial charge in [0.15, 0.2) is 0 Å². The third kappa shape index (κ3) is 4.72. The van der Waals surface area contributed by atoms with Crippen molar-refractivity contribution in [1.82, 2.24) is 0 Å². The predicted molar refractivity (Wildman–Crippen MR) is 49.8 cm³/mol. The van der Waals surface area contributed by atoms with Gasteiger partial charge in [-0.25, -0.2) is 4.79 Å². The molecule has 0 radical (unpaired) electrons. The molecule has 0 rings (SSSR count). The third-order valence-corrected chi connectivity index (χ3v) is 1.46. The second-order valence-electron chi connectivity index (χ2n) is 2.85. The lowest BCUT2D eigenvalue weighted by atomic mass is 10.3. The van der Waals surface area contributed by atoms with E-state index in [1.54, 1.807) is 13.0 Å². The monoisotopic (exact) mass is 168 g/mol. The summed E-state index contributed by atoms with van der Waals surface area (Å²) in [5.74, 6) is -0.241. The summed E-state index contributed by atoms with van der Waals surface area (Å²) in [5.41, 5.74) is 1.80. The van der Waals surface area contributed by atoms with Crippen LogP contribution >= 0.6 is 0 Å². The summed E-state index contributed by atoms with van der Waals surface area (Å²) in [6.07, 6.45) is 3.62. The fraction of sp³-hybridized carbons (Fsp3) is 0.500. The summed E-state index contributed by atoms with van der Waals surface area (Å²) in [7, 11) is 0. The fourth-order valence-corrected chi connectivity index (χ4v) is 0.516. The van der Waals surface area contributed by atoms with Crippen LogP contribution in [-0.2, 0) is 9.53 Å². The van der Waals surface area contributed by atoms with Crippen LogP contribution < -0.4 is 0 Å². The summed E-state index contributed by atoms with van der Waals surface area (Å²) in [6.45, 7) is 7.86. The van der Waals surface area contributed by atoms with Gasteiger partial charge in [0.2, 0.25) is 0 Å². The highest BCUT2D eigenvalue weighted by atomic mass is 16.5. The van der Waals surface area contributed by atoms with Crippen LogP contribution in [0, 0.1) is 0 Å². The number of rotatable bonds is 3. The van der Waals surface area contributed by atoms with Crippen molar-refractivity contribution in [1.29, 1.82) is 0 Å². The molecule has 0 aliphatic rings. The van der Waals surface area contributed by atoms with Gasteiger partial charge in [0.1, 0.15) is 6.61 Å². The van der Waals surface area contributed by atoms with E-state index in [0.717, 1.165) is 5.57 Å². The number of hydrogen-bond acceptors (Lipinski definition) is 2. The second kappa shape index (κ2) is 5.58. The number of carbonyl (C=O) groups excluding carboxylic acids is 1. The highest BCUT2D eigenvalue weighted by molar-refractivity contribution is 5.87. The minimum absolute atomic E-state index is 0.241. The van der Waals surface area contributed by atoms with Crippen LogP contribution in [0.2, 0.25) is 0 Å². The zero-order chi connectivity index (χ0) is 9.56. The van der Waals surface area contributed by atoms with E-state index >= 15 is 0 Å². The molecule has 12 heavy (non-hydrogen) atoms. The highest BCUT2D eigenvalue weighted by Crippen LogP contribution is 1.96. The van der Waals surface area contributed by atoms with Crippen LogP contribution in [-0.4, -0.2) is 12.6 Å². The third-order valence-electron chi connectivity index (χ3n) is 1.46. The molecule has 0 bridgehead atoms. The summed E-state index contributed by atoms with van der Waals surface area (Å²) in [6, 6.07) is 0. The SMILES string of the molecule is C/C=C(\C)C(=O)OCC=C(C)C. The zero-order valence-corrected chi connectivity index (χ0v) is 8.18. The van der Waals surface area contributed by atoms with E-state index in [0.29, 0.717) is 12.2 Å². The molecule has 0 saturated carbocycles. The summed E-state index contributed by atoms with van der Waals surface area (Å²) >= 11 is 0. The van der Waals surface area contributed by atoms with E-state index in [-0.39, 0.29) is 5.97 Å². The Kier molecular flexibility index (Phi) is 5.09. The molecule has 0 heterocycles. The van der Waals surface area contributed by atoms with Gasteiger partial charge in [-0.05, 0) is 33.8 Å². The minimum Gasteiger partial charge on any atom is -0.458 e. The average Bonchev–Trinajstić information content (AvgIpc) is 2.02. The van der Waals surface area contributed by atoms with Gasteiger partial charge in [0.05, 0.1) is 0 Å². The van der Waals surface area contributed by atoms with Crippen molar-refractivity contribution in [2.45, 2.75) is 27.7 Å². The quantitative estimate of drug-likeness (QED) is 0.367. The highest BCUT2D eigenvalue weighted by Gasteiger charge is 2.01. The molecule has 0 aromatic rings. The predicted octanol–water partition coefficient (Wildman–Crippen LogP) is 2.46. The number of hydrogen-bond donors (Lipinski definition) is 0. The van der Waals surface area contributed by atoms with Crippen LogP contribution in [0.4, 0.5) is 0 Å². The standard InChI is InChI=1S/C10H16O2/c1-5-9(4)10(11)12-7-6-8(2)3/h5-6H,7H2,1-4H3/b9-5+. The molecule has 0 fully saturated rings. The number of ether oxygens (including phenoxy) is 1. The van der Waals surface area contributed by atoms with Gasteiger partial charge in [-0.3, -0.25) is 0 Å². The Labute approximate surface area is 73.9 Å². The zero-order valence-electron chi connectivity index (χ0n) is 8.18.